The summed E-state index contributed by atoms with van der Waals surface area (Å²) in [5, 5.41) is 11.4. The van der Waals surface area contributed by atoms with Crippen LogP contribution >= 0.6 is 0 Å². The van der Waals surface area contributed by atoms with Crippen LogP contribution in [0.15, 0.2) is 18.2 Å². The second-order valence-electron chi connectivity index (χ2n) is 5.22. The van der Waals surface area contributed by atoms with Gasteiger partial charge in [0.15, 0.2) is 0 Å². The van der Waals surface area contributed by atoms with Crippen LogP contribution in [-0.2, 0) is 15.8 Å². The van der Waals surface area contributed by atoms with E-state index in [4.69, 9.17) is 5.11 Å². The van der Waals surface area contributed by atoms with Crippen molar-refractivity contribution in [1.29, 1.82) is 0 Å². The first-order valence-corrected chi connectivity index (χ1v) is 7.09. The van der Waals surface area contributed by atoms with Crippen molar-refractivity contribution in [2.24, 2.45) is 0 Å². The van der Waals surface area contributed by atoms with E-state index in [1.165, 1.54) is 6.92 Å². The molecule has 0 aliphatic rings. The quantitative estimate of drug-likeness (QED) is 0.755. The highest BCUT2D eigenvalue weighted by Crippen LogP contribution is 2.30. The molecule has 6 nitrogen and oxygen atoms in total. The first kappa shape index (κ1) is 20.4. The van der Waals surface area contributed by atoms with Crippen molar-refractivity contribution in [1.82, 2.24) is 10.2 Å². The van der Waals surface area contributed by atoms with E-state index in [0.717, 1.165) is 11.8 Å². The number of amides is 2. The van der Waals surface area contributed by atoms with Crippen LogP contribution < -0.4 is 5.32 Å². The van der Waals surface area contributed by atoms with Gasteiger partial charge in [0.05, 0.1) is 5.56 Å². The molecule has 0 aromatic heterocycles. The number of halogens is 4. The molecule has 1 aromatic carbocycles. The molecule has 0 aliphatic carbocycles. The van der Waals surface area contributed by atoms with Crippen LogP contribution in [0.3, 0.4) is 0 Å². The third-order valence-corrected chi connectivity index (χ3v) is 3.28. The van der Waals surface area contributed by atoms with Gasteiger partial charge in [-0.25, -0.2) is 9.18 Å². The highest BCUT2D eigenvalue weighted by molar-refractivity contribution is 5.96. The summed E-state index contributed by atoms with van der Waals surface area (Å²) in [5.74, 6) is -4.20. The molecule has 0 saturated carbocycles. The number of benzene rings is 1. The zero-order valence-electron chi connectivity index (χ0n) is 13.4. The summed E-state index contributed by atoms with van der Waals surface area (Å²) < 4.78 is 51.7. The Kier molecular flexibility index (Phi) is 6.49. The third-order valence-electron chi connectivity index (χ3n) is 3.28. The van der Waals surface area contributed by atoms with Gasteiger partial charge in [-0.1, -0.05) is 0 Å². The molecule has 138 valence electrons. The van der Waals surface area contributed by atoms with E-state index in [1.54, 1.807) is 0 Å². The van der Waals surface area contributed by atoms with E-state index in [2.05, 4.69) is 5.32 Å². The molecule has 1 unspecified atom stereocenters. The highest BCUT2D eigenvalue weighted by Gasteiger charge is 2.33. The van der Waals surface area contributed by atoms with Gasteiger partial charge in [0.1, 0.15) is 11.9 Å². The second kappa shape index (κ2) is 7.95. The molecule has 2 amide bonds. The molecule has 0 spiro atoms. The van der Waals surface area contributed by atoms with E-state index in [1.807, 2.05) is 0 Å². The van der Waals surface area contributed by atoms with E-state index in [-0.39, 0.29) is 19.2 Å². The summed E-state index contributed by atoms with van der Waals surface area (Å²) >= 11 is 0. The smallest absolute Gasteiger partial charge is 0.416 e. The van der Waals surface area contributed by atoms with E-state index < -0.39 is 46.9 Å². The first-order chi connectivity index (χ1) is 11.4. The lowest BCUT2D eigenvalue weighted by Crippen LogP contribution is -2.46. The van der Waals surface area contributed by atoms with Gasteiger partial charge in [0.25, 0.3) is 5.91 Å². The fraction of sp³-hybridized carbons (Fsp3) is 0.400. The zero-order valence-corrected chi connectivity index (χ0v) is 13.4. The molecule has 10 heteroatoms. The molecule has 0 fully saturated rings. The molecule has 0 radical (unpaired) electrons. The number of carbonyl (C=O) groups is 3. The lowest BCUT2D eigenvalue weighted by atomic mass is 10.1. The van der Waals surface area contributed by atoms with Gasteiger partial charge in [0, 0.05) is 25.6 Å². The maximum atomic E-state index is 13.5. The summed E-state index contributed by atoms with van der Waals surface area (Å²) in [6.07, 6.45) is -4.86. The number of hydrogen-bond donors (Lipinski definition) is 2. The number of carbonyl (C=O) groups excluding carboxylic acids is 2. The maximum Gasteiger partial charge on any atom is 0.416 e. The molecule has 0 bridgehead atoms. The number of nitrogens with zero attached hydrogens (tertiary/aromatic N) is 1. The number of carboxylic acids is 1. The standard InChI is InChI=1S/C15H16F4N2O4/c1-8(14(24)25)21(4-3-20-9(2)22)13(23)10-5-11(15(17,18)19)7-12(16)6-10/h5-8H,3-4H2,1-2H3,(H,20,22)(H,24,25). The number of rotatable bonds is 6. The predicted molar refractivity (Wildman–Crippen MR) is 78.2 cm³/mol. The van der Waals surface area contributed by atoms with Crippen LogP contribution in [0.1, 0.15) is 29.8 Å². The van der Waals surface area contributed by atoms with Crippen molar-refractivity contribution in [3.63, 3.8) is 0 Å². The summed E-state index contributed by atoms with van der Waals surface area (Å²) in [6, 6.07) is -0.110. The van der Waals surface area contributed by atoms with Crippen molar-refractivity contribution in [3.8, 4) is 0 Å². The van der Waals surface area contributed by atoms with Crippen LogP contribution in [0, 0.1) is 5.82 Å². The van der Waals surface area contributed by atoms with E-state index in [0.29, 0.717) is 12.1 Å². The summed E-state index contributed by atoms with van der Waals surface area (Å²) in [6.45, 7) is 1.97. The number of carboxylic acid groups (broad SMARTS) is 1. The Morgan fingerprint density at radius 1 is 1.24 bits per heavy atom. The lowest BCUT2D eigenvalue weighted by Gasteiger charge is -2.27. The molecular formula is C15H16F4N2O4. The second-order valence-corrected chi connectivity index (χ2v) is 5.22. The normalized spacial score (nSPS) is 12.4. The number of aliphatic carboxylic acids is 1. The number of nitrogens with one attached hydrogen (secondary N) is 1. The molecule has 2 N–H and O–H groups in total. The van der Waals surface area contributed by atoms with Crippen molar-refractivity contribution >= 4 is 17.8 Å². The molecular weight excluding hydrogens is 348 g/mol. The van der Waals surface area contributed by atoms with Gasteiger partial charge in [-0.15, -0.1) is 0 Å². The molecule has 1 atom stereocenters. The summed E-state index contributed by atoms with van der Waals surface area (Å²) in [7, 11) is 0. The first-order valence-electron chi connectivity index (χ1n) is 7.09. The Labute approximate surface area is 140 Å². The van der Waals surface area contributed by atoms with Gasteiger partial charge in [0.2, 0.25) is 5.91 Å². The Morgan fingerprint density at radius 2 is 1.84 bits per heavy atom. The minimum Gasteiger partial charge on any atom is -0.480 e. The summed E-state index contributed by atoms with van der Waals surface area (Å²) in [5.41, 5.74) is -2.00. The minimum atomic E-state index is -4.86. The predicted octanol–water partition coefficient (Wildman–Crippen LogP) is 1.90. The number of alkyl halides is 3. The third kappa shape index (κ3) is 5.73. The zero-order chi connectivity index (χ0) is 19.4. The van der Waals surface area contributed by atoms with Gasteiger partial charge < -0.3 is 15.3 Å². The Hall–Kier alpha value is -2.65. The Bertz CT molecular complexity index is 676. The van der Waals surface area contributed by atoms with Crippen LogP contribution in [0.4, 0.5) is 17.6 Å². The molecule has 0 saturated heterocycles. The topological polar surface area (TPSA) is 86.7 Å². The average molecular weight is 364 g/mol. The maximum absolute atomic E-state index is 13.5. The highest BCUT2D eigenvalue weighted by atomic mass is 19.4. The molecule has 25 heavy (non-hydrogen) atoms. The van der Waals surface area contributed by atoms with E-state index in [9.17, 15) is 31.9 Å². The van der Waals surface area contributed by atoms with Crippen molar-refractivity contribution < 1.29 is 37.1 Å². The average Bonchev–Trinajstić information content (AvgIpc) is 2.48. The van der Waals surface area contributed by atoms with Gasteiger partial charge in [-0.05, 0) is 25.1 Å². The Balaban J connectivity index is 3.17. The van der Waals surface area contributed by atoms with E-state index >= 15 is 0 Å². The van der Waals surface area contributed by atoms with Crippen LogP contribution in [-0.4, -0.2) is 46.9 Å². The largest absolute Gasteiger partial charge is 0.480 e. The molecule has 0 heterocycles. The fourth-order valence-electron chi connectivity index (χ4n) is 2.00. The van der Waals surface area contributed by atoms with Gasteiger partial charge in [-0.2, -0.15) is 13.2 Å². The van der Waals surface area contributed by atoms with Crippen LogP contribution in [0.5, 0.6) is 0 Å². The fourth-order valence-corrected chi connectivity index (χ4v) is 2.00. The summed E-state index contributed by atoms with van der Waals surface area (Å²) in [4.78, 5) is 35.2. The van der Waals surface area contributed by atoms with Gasteiger partial charge in [-0.3, -0.25) is 9.59 Å². The SMILES string of the molecule is CC(=O)NCCN(C(=O)c1cc(F)cc(C(F)(F)F)c1)C(C)C(=O)O. The molecule has 0 aliphatic heterocycles. The molecule has 1 rings (SSSR count). The van der Waals surface area contributed by atoms with Crippen molar-refractivity contribution in [2.75, 3.05) is 13.1 Å². The van der Waals surface area contributed by atoms with Gasteiger partial charge >= 0.3 is 12.1 Å². The minimum absolute atomic E-state index is 0.111. The number of hydrogen-bond acceptors (Lipinski definition) is 3. The lowest BCUT2D eigenvalue weighted by molar-refractivity contribution is -0.142. The molecule has 1 aromatic rings. The van der Waals surface area contributed by atoms with Crippen LogP contribution in [0.2, 0.25) is 0 Å². The van der Waals surface area contributed by atoms with Crippen molar-refractivity contribution in [2.45, 2.75) is 26.1 Å². The Morgan fingerprint density at radius 3 is 2.32 bits per heavy atom. The monoisotopic (exact) mass is 364 g/mol. The van der Waals surface area contributed by atoms with Crippen molar-refractivity contribution in [3.05, 3.63) is 35.1 Å². The van der Waals surface area contributed by atoms with Crippen LogP contribution in [0.25, 0.3) is 0 Å².